The highest BCUT2D eigenvalue weighted by Crippen LogP contribution is 2.30. The first-order valence-electron chi connectivity index (χ1n) is 6.12. The molecule has 2 aromatic heterocycles. The quantitative estimate of drug-likeness (QED) is 0.530. The van der Waals surface area contributed by atoms with Crippen molar-refractivity contribution in [2.75, 3.05) is 0 Å². The summed E-state index contributed by atoms with van der Waals surface area (Å²) in [6, 6.07) is 9.67. The first-order valence-corrected chi connectivity index (χ1v) is 6.12. The van der Waals surface area contributed by atoms with Crippen molar-refractivity contribution >= 4 is 0 Å². The van der Waals surface area contributed by atoms with E-state index in [0.29, 0.717) is 0 Å². The van der Waals surface area contributed by atoms with Gasteiger partial charge < -0.3 is 5.21 Å². The molecule has 0 aliphatic carbocycles. The Morgan fingerprint density at radius 3 is 2.35 bits per heavy atom. The molecule has 0 aliphatic heterocycles. The first-order chi connectivity index (χ1) is 9.63. The van der Waals surface area contributed by atoms with Gasteiger partial charge in [-0.1, -0.05) is 0 Å². The van der Waals surface area contributed by atoms with Crippen LogP contribution in [0, 0.1) is 11.0 Å². The van der Waals surface area contributed by atoms with Crippen molar-refractivity contribution in [2.45, 2.75) is 0 Å². The zero-order chi connectivity index (χ0) is 14.1. The van der Waals surface area contributed by atoms with Gasteiger partial charge in [-0.25, -0.2) is 4.39 Å². The van der Waals surface area contributed by atoms with Crippen molar-refractivity contribution in [3.8, 4) is 22.4 Å². The Hall–Kier alpha value is -2.69. The van der Waals surface area contributed by atoms with Gasteiger partial charge >= 0.3 is 0 Å². The Balaban J connectivity index is 2.12. The lowest BCUT2D eigenvalue weighted by Gasteiger charge is -2.03. The molecule has 5 heteroatoms. The summed E-state index contributed by atoms with van der Waals surface area (Å²) in [6.07, 6.45) is 4.76. The van der Waals surface area contributed by atoms with E-state index in [1.807, 2.05) is 13.2 Å². The highest BCUT2D eigenvalue weighted by Gasteiger charge is 2.12. The third kappa shape index (κ3) is 2.25. The predicted molar refractivity (Wildman–Crippen MR) is 73.0 cm³/mol. The molecule has 1 aromatic carbocycles. The smallest absolute Gasteiger partial charge is 0.180 e. The second-order valence-corrected chi connectivity index (χ2v) is 4.52. The van der Waals surface area contributed by atoms with E-state index in [1.165, 1.54) is 24.5 Å². The van der Waals surface area contributed by atoms with Gasteiger partial charge in [0.25, 0.3) is 0 Å². The van der Waals surface area contributed by atoms with Crippen molar-refractivity contribution in [3.05, 3.63) is 66.0 Å². The minimum atomic E-state index is -0.279. The second-order valence-electron chi connectivity index (χ2n) is 4.52. The van der Waals surface area contributed by atoms with Crippen molar-refractivity contribution in [2.24, 2.45) is 7.05 Å². The third-order valence-corrected chi connectivity index (χ3v) is 3.06. The zero-order valence-corrected chi connectivity index (χ0v) is 10.8. The summed E-state index contributed by atoms with van der Waals surface area (Å²) >= 11 is 0. The minimum Gasteiger partial charge on any atom is -0.619 e. The van der Waals surface area contributed by atoms with Gasteiger partial charge in [-0.2, -0.15) is 9.83 Å². The van der Waals surface area contributed by atoms with E-state index in [0.717, 1.165) is 27.1 Å². The topological polar surface area (TPSA) is 44.8 Å². The molecule has 0 atom stereocenters. The van der Waals surface area contributed by atoms with Crippen LogP contribution in [0.15, 0.2) is 55.0 Å². The molecule has 2 heterocycles. The Labute approximate surface area is 115 Å². The molecule has 3 aromatic rings. The van der Waals surface area contributed by atoms with E-state index in [1.54, 1.807) is 28.9 Å². The first kappa shape index (κ1) is 12.3. The summed E-state index contributed by atoms with van der Waals surface area (Å²) in [5.74, 6) is -0.279. The Bertz CT molecular complexity index is 670. The summed E-state index contributed by atoms with van der Waals surface area (Å²) in [5, 5.41) is 15.5. The van der Waals surface area contributed by atoms with Crippen molar-refractivity contribution in [1.82, 2.24) is 9.78 Å². The highest BCUT2D eigenvalue weighted by atomic mass is 19.1. The van der Waals surface area contributed by atoms with Gasteiger partial charge in [0.1, 0.15) is 11.5 Å². The Morgan fingerprint density at radius 2 is 1.70 bits per heavy atom. The zero-order valence-electron chi connectivity index (χ0n) is 10.8. The number of nitrogens with zero attached hydrogens (tertiary/aromatic N) is 3. The van der Waals surface area contributed by atoms with Gasteiger partial charge in [-0.3, -0.25) is 4.68 Å². The molecular formula is C15H12FN3O. The van der Waals surface area contributed by atoms with Crippen LogP contribution in [0.4, 0.5) is 4.39 Å². The number of aromatic nitrogens is 3. The molecule has 0 fully saturated rings. The number of rotatable bonds is 2. The molecule has 0 spiro atoms. The molecule has 4 nitrogen and oxygen atoms in total. The van der Waals surface area contributed by atoms with Crippen LogP contribution in [0.5, 0.6) is 0 Å². The van der Waals surface area contributed by atoms with Crippen LogP contribution in [0.2, 0.25) is 0 Å². The van der Waals surface area contributed by atoms with Crippen LogP contribution >= 0.6 is 0 Å². The molecule has 0 aliphatic rings. The summed E-state index contributed by atoms with van der Waals surface area (Å²) in [6.45, 7) is 0. The fraction of sp³-hybridized carbons (Fsp3) is 0.0667. The molecule has 3 rings (SSSR count). The van der Waals surface area contributed by atoms with Crippen LogP contribution in [-0.4, -0.2) is 9.78 Å². The molecular weight excluding hydrogens is 257 g/mol. The number of benzene rings is 1. The Morgan fingerprint density at radius 1 is 1.05 bits per heavy atom. The normalized spacial score (nSPS) is 10.7. The average molecular weight is 269 g/mol. The molecule has 0 N–H and O–H groups in total. The van der Waals surface area contributed by atoms with Crippen molar-refractivity contribution < 1.29 is 9.12 Å². The summed E-state index contributed by atoms with van der Waals surface area (Å²) in [5.41, 5.74) is 3.39. The van der Waals surface area contributed by atoms with Gasteiger partial charge in [0.2, 0.25) is 0 Å². The van der Waals surface area contributed by atoms with Crippen molar-refractivity contribution in [1.29, 1.82) is 0 Å². The molecule has 0 saturated carbocycles. The maximum atomic E-state index is 13.0. The van der Waals surface area contributed by atoms with Crippen LogP contribution in [0.3, 0.4) is 0 Å². The predicted octanol–water partition coefficient (Wildman–Crippen LogP) is 2.53. The van der Waals surface area contributed by atoms with E-state index >= 15 is 0 Å². The van der Waals surface area contributed by atoms with E-state index in [2.05, 4.69) is 5.10 Å². The number of aryl methyl sites for hydroxylation is 1. The maximum Gasteiger partial charge on any atom is 0.180 e. The van der Waals surface area contributed by atoms with Crippen molar-refractivity contribution in [3.63, 3.8) is 0 Å². The Kier molecular flexibility index (Phi) is 2.95. The number of hydrogen-bond acceptors (Lipinski definition) is 2. The van der Waals surface area contributed by atoms with E-state index in [4.69, 9.17) is 0 Å². The van der Waals surface area contributed by atoms with Crippen LogP contribution in [0.1, 0.15) is 0 Å². The summed E-state index contributed by atoms with van der Waals surface area (Å²) in [4.78, 5) is 0. The van der Waals surface area contributed by atoms with E-state index < -0.39 is 0 Å². The largest absolute Gasteiger partial charge is 0.619 e. The van der Waals surface area contributed by atoms with Crippen LogP contribution < -0.4 is 4.73 Å². The minimum absolute atomic E-state index is 0.279. The van der Waals surface area contributed by atoms with Gasteiger partial charge in [-0.05, 0) is 29.8 Å². The molecule has 0 bridgehead atoms. The van der Waals surface area contributed by atoms with Gasteiger partial charge in [0.15, 0.2) is 12.4 Å². The highest BCUT2D eigenvalue weighted by molar-refractivity contribution is 5.79. The molecule has 0 unspecified atom stereocenters. The third-order valence-electron chi connectivity index (χ3n) is 3.06. The van der Waals surface area contributed by atoms with Gasteiger partial charge in [0, 0.05) is 36.5 Å². The molecule has 20 heavy (non-hydrogen) atoms. The lowest BCUT2D eigenvalue weighted by Crippen LogP contribution is -2.23. The standard InChI is InChI=1S/C15H12FN3O/c1-18-10-14(11-6-8-19(20)9-7-11)15(17-18)12-2-4-13(16)5-3-12/h2-10H,1H3. The lowest BCUT2D eigenvalue weighted by molar-refractivity contribution is -0.605. The molecule has 0 saturated heterocycles. The molecule has 100 valence electrons. The number of hydrogen-bond donors (Lipinski definition) is 0. The summed E-state index contributed by atoms with van der Waals surface area (Å²) < 4.78 is 15.4. The average Bonchev–Trinajstić information content (AvgIpc) is 2.82. The van der Waals surface area contributed by atoms with Crippen LogP contribution in [0.25, 0.3) is 22.4 Å². The fourth-order valence-corrected chi connectivity index (χ4v) is 2.11. The van der Waals surface area contributed by atoms with E-state index in [-0.39, 0.29) is 5.82 Å². The number of halogens is 1. The SMILES string of the molecule is Cn1cc(-c2cc[n+]([O-])cc2)c(-c2ccc(F)cc2)n1. The monoisotopic (exact) mass is 269 g/mol. The second kappa shape index (κ2) is 4.77. The summed E-state index contributed by atoms with van der Waals surface area (Å²) in [7, 11) is 1.83. The maximum absolute atomic E-state index is 13.0. The van der Waals surface area contributed by atoms with Gasteiger partial charge in [0.05, 0.1) is 0 Å². The van der Waals surface area contributed by atoms with Crippen LogP contribution in [-0.2, 0) is 7.05 Å². The number of pyridine rings is 1. The van der Waals surface area contributed by atoms with Gasteiger partial charge in [-0.15, -0.1) is 0 Å². The lowest BCUT2D eigenvalue weighted by atomic mass is 10.0. The fourth-order valence-electron chi connectivity index (χ4n) is 2.11. The van der Waals surface area contributed by atoms with E-state index in [9.17, 15) is 9.60 Å². The molecule has 0 amide bonds. The molecule has 0 radical (unpaired) electrons.